The number of hydrogen-bond donors (Lipinski definition) is 2. The number of carbonyl (C=O) groups is 1. The van der Waals surface area contributed by atoms with Gasteiger partial charge in [0.15, 0.2) is 5.58 Å². The van der Waals surface area contributed by atoms with Gasteiger partial charge >= 0.3 is 0 Å². The number of oxazole rings is 1. The highest BCUT2D eigenvalue weighted by molar-refractivity contribution is 7.98. The summed E-state index contributed by atoms with van der Waals surface area (Å²) in [5, 5.41) is 2.46. The lowest BCUT2D eigenvalue weighted by Crippen LogP contribution is -2.29. The van der Waals surface area contributed by atoms with Crippen LogP contribution in [-0.4, -0.2) is 10.9 Å². The Morgan fingerprint density at radius 2 is 2.25 bits per heavy atom. The zero-order valence-corrected chi connectivity index (χ0v) is 12.0. The van der Waals surface area contributed by atoms with Gasteiger partial charge in [-0.2, -0.15) is 0 Å². The lowest BCUT2D eigenvalue weighted by atomic mass is 10.3. The number of thioether (sulfide) groups is 1. The van der Waals surface area contributed by atoms with Gasteiger partial charge in [0.25, 0.3) is 11.1 Å². The van der Waals surface area contributed by atoms with Crippen molar-refractivity contribution in [3.8, 4) is 0 Å². The Kier molecular flexibility index (Phi) is 3.72. The number of para-hydroxylation sites is 2. The standard InChI is InChI=1S/C13H11N3O2S2/c14-16-12(17)11-8(5-6-19-11)7-20-13-15-9-3-1-2-4-10(9)18-13/h1-6H,7,14H2,(H,16,17). The highest BCUT2D eigenvalue weighted by atomic mass is 32.2. The van der Waals surface area contributed by atoms with Crippen LogP contribution in [0.1, 0.15) is 15.2 Å². The Hall–Kier alpha value is -1.83. The van der Waals surface area contributed by atoms with Crippen molar-refractivity contribution < 1.29 is 9.21 Å². The molecule has 1 amide bonds. The van der Waals surface area contributed by atoms with Crippen LogP contribution in [0.25, 0.3) is 11.1 Å². The predicted molar refractivity (Wildman–Crippen MR) is 79.5 cm³/mol. The smallest absolute Gasteiger partial charge is 0.275 e. The molecule has 3 aromatic rings. The van der Waals surface area contributed by atoms with E-state index < -0.39 is 0 Å². The maximum Gasteiger partial charge on any atom is 0.275 e. The third kappa shape index (κ3) is 2.55. The zero-order valence-electron chi connectivity index (χ0n) is 10.3. The van der Waals surface area contributed by atoms with E-state index in [9.17, 15) is 4.79 Å². The topological polar surface area (TPSA) is 81.1 Å². The molecule has 0 aliphatic rings. The van der Waals surface area contributed by atoms with Crippen molar-refractivity contribution in [3.05, 3.63) is 46.2 Å². The molecule has 102 valence electrons. The molecule has 2 heterocycles. The fourth-order valence-corrected chi connectivity index (χ4v) is 3.51. The Morgan fingerprint density at radius 1 is 1.40 bits per heavy atom. The molecule has 0 aliphatic heterocycles. The number of benzene rings is 1. The summed E-state index contributed by atoms with van der Waals surface area (Å²) in [5.74, 6) is 5.50. The molecule has 0 fully saturated rings. The predicted octanol–water partition coefficient (Wildman–Crippen LogP) is 2.79. The minimum atomic E-state index is -0.270. The van der Waals surface area contributed by atoms with E-state index >= 15 is 0 Å². The number of aromatic nitrogens is 1. The molecule has 5 nitrogen and oxygen atoms in total. The fourth-order valence-electron chi connectivity index (χ4n) is 1.77. The Labute approximate surface area is 123 Å². The number of hydrogen-bond acceptors (Lipinski definition) is 6. The molecule has 1 aromatic carbocycles. The van der Waals surface area contributed by atoms with Gasteiger partial charge in [-0.25, -0.2) is 10.8 Å². The summed E-state index contributed by atoms with van der Waals surface area (Å²) in [6.07, 6.45) is 0. The summed E-state index contributed by atoms with van der Waals surface area (Å²) in [6.45, 7) is 0. The van der Waals surface area contributed by atoms with Crippen molar-refractivity contribution in [2.24, 2.45) is 5.84 Å². The molecule has 0 radical (unpaired) electrons. The summed E-state index contributed by atoms with van der Waals surface area (Å²) in [6, 6.07) is 9.52. The Morgan fingerprint density at radius 3 is 3.05 bits per heavy atom. The Bertz CT molecular complexity index is 718. The quantitative estimate of drug-likeness (QED) is 0.335. The number of carbonyl (C=O) groups excluding carboxylic acids is 1. The van der Waals surface area contributed by atoms with Crippen molar-refractivity contribution in [2.45, 2.75) is 11.0 Å². The molecular formula is C13H11N3O2S2. The van der Waals surface area contributed by atoms with Gasteiger partial charge < -0.3 is 4.42 Å². The van der Waals surface area contributed by atoms with Crippen LogP contribution in [0.3, 0.4) is 0 Å². The van der Waals surface area contributed by atoms with Gasteiger partial charge in [-0.1, -0.05) is 23.9 Å². The van der Waals surface area contributed by atoms with Gasteiger partial charge in [0, 0.05) is 5.75 Å². The van der Waals surface area contributed by atoms with Crippen molar-refractivity contribution in [1.82, 2.24) is 10.4 Å². The molecule has 0 bridgehead atoms. The summed E-state index contributed by atoms with van der Waals surface area (Å²) in [4.78, 5) is 16.6. The first kappa shape index (κ1) is 13.2. The molecular weight excluding hydrogens is 294 g/mol. The number of amides is 1. The molecule has 0 saturated carbocycles. The average molecular weight is 305 g/mol. The summed E-state index contributed by atoms with van der Waals surface area (Å²) < 4.78 is 5.62. The number of thiophene rings is 1. The third-order valence-corrected chi connectivity index (χ3v) is 4.54. The molecule has 20 heavy (non-hydrogen) atoms. The highest BCUT2D eigenvalue weighted by Gasteiger charge is 2.13. The molecule has 0 atom stereocenters. The van der Waals surface area contributed by atoms with Crippen LogP contribution in [0.2, 0.25) is 0 Å². The van der Waals surface area contributed by atoms with Gasteiger partial charge in [0.1, 0.15) is 5.52 Å². The SMILES string of the molecule is NNC(=O)c1sccc1CSc1nc2ccccc2o1. The van der Waals surface area contributed by atoms with E-state index in [4.69, 9.17) is 10.3 Å². The van der Waals surface area contributed by atoms with Crippen LogP contribution in [0.15, 0.2) is 45.4 Å². The molecule has 0 spiro atoms. The first-order valence-corrected chi connectivity index (χ1v) is 7.70. The molecule has 7 heteroatoms. The second kappa shape index (κ2) is 5.66. The number of nitrogens with two attached hydrogens (primary N) is 1. The molecule has 0 saturated heterocycles. The van der Waals surface area contributed by atoms with Crippen molar-refractivity contribution in [1.29, 1.82) is 0 Å². The van der Waals surface area contributed by atoms with Crippen molar-refractivity contribution in [3.63, 3.8) is 0 Å². The van der Waals surface area contributed by atoms with E-state index in [1.54, 1.807) is 0 Å². The summed E-state index contributed by atoms with van der Waals surface area (Å²) in [7, 11) is 0. The van der Waals surface area contributed by atoms with Crippen LogP contribution in [0.5, 0.6) is 0 Å². The van der Waals surface area contributed by atoms with Gasteiger partial charge in [-0.3, -0.25) is 10.2 Å². The normalized spacial score (nSPS) is 10.8. The zero-order chi connectivity index (χ0) is 13.9. The van der Waals surface area contributed by atoms with E-state index in [1.165, 1.54) is 23.1 Å². The first-order valence-electron chi connectivity index (χ1n) is 5.83. The second-order valence-corrected chi connectivity index (χ2v) is 5.83. The van der Waals surface area contributed by atoms with Gasteiger partial charge in [-0.05, 0) is 29.1 Å². The Balaban J connectivity index is 1.76. The third-order valence-electron chi connectivity index (χ3n) is 2.71. The average Bonchev–Trinajstić information content (AvgIpc) is 3.10. The molecule has 0 aliphatic carbocycles. The number of nitrogens with zero attached hydrogens (tertiary/aromatic N) is 1. The van der Waals surface area contributed by atoms with E-state index in [1.807, 2.05) is 35.7 Å². The number of hydrazine groups is 1. The van der Waals surface area contributed by atoms with Crippen molar-refractivity contribution >= 4 is 40.1 Å². The van der Waals surface area contributed by atoms with Crippen LogP contribution in [0, 0.1) is 0 Å². The maximum atomic E-state index is 11.6. The van der Waals surface area contributed by atoms with E-state index in [2.05, 4.69) is 10.4 Å². The van der Waals surface area contributed by atoms with Crippen LogP contribution in [0.4, 0.5) is 0 Å². The van der Waals surface area contributed by atoms with Crippen LogP contribution < -0.4 is 11.3 Å². The molecule has 2 aromatic heterocycles. The van der Waals surface area contributed by atoms with Crippen LogP contribution >= 0.6 is 23.1 Å². The molecule has 3 N–H and O–H groups in total. The van der Waals surface area contributed by atoms with E-state index in [-0.39, 0.29) is 5.91 Å². The number of nitrogens with one attached hydrogen (secondary N) is 1. The minimum Gasteiger partial charge on any atom is -0.431 e. The molecule has 3 rings (SSSR count). The van der Waals surface area contributed by atoms with E-state index in [0.29, 0.717) is 15.9 Å². The van der Waals surface area contributed by atoms with Gasteiger partial charge in [-0.15, -0.1) is 11.3 Å². The van der Waals surface area contributed by atoms with Gasteiger partial charge in [0.05, 0.1) is 4.88 Å². The minimum absolute atomic E-state index is 0.270. The lowest BCUT2D eigenvalue weighted by molar-refractivity contribution is 0.0957. The van der Waals surface area contributed by atoms with Crippen LogP contribution in [-0.2, 0) is 5.75 Å². The number of fused-ring (bicyclic) bond motifs is 1. The molecule has 0 unspecified atom stereocenters. The first-order chi connectivity index (χ1) is 9.78. The second-order valence-electron chi connectivity index (χ2n) is 3.98. The summed E-state index contributed by atoms with van der Waals surface area (Å²) >= 11 is 2.82. The van der Waals surface area contributed by atoms with Crippen molar-refractivity contribution in [2.75, 3.05) is 0 Å². The van der Waals surface area contributed by atoms with E-state index in [0.717, 1.165) is 16.7 Å². The number of rotatable bonds is 4. The fraction of sp³-hybridized carbons (Fsp3) is 0.0769. The van der Waals surface area contributed by atoms with Gasteiger partial charge in [0.2, 0.25) is 0 Å². The highest BCUT2D eigenvalue weighted by Crippen LogP contribution is 2.28. The largest absolute Gasteiger partial charge is 0.431 e. The lowest BCUT2D eigenvalue weighted by Gasteiger charge is -2.00. The number of nitrogen functional groups attached to an aromatic ring is 1. The summed E-state index contributed by atoms with van der Waals surface area (Å²) in [5.41, 5.74) is 4.67. The maximum absolute atomic E-state index is 11.6. The monoisotopic (exact) mass is 305 g/mol.